The number of hydrogen-bond acceptors (Lipinski definition) is 3. The molecule has 23 heavy (non-hydrogen) atoms. The number of halogens is 3. The number of amides is 2. The van der Waals surface area contributed by atoms with Gasteiger partial charge in [-0.05, 0) is 36.6 Å². The van der Waals surface area contributed by atoms with E-state index in [0.29, 0.717) is 18.0 Å². The molecule has 1 aromatic carbocycles. The van der Waals surface area contributed by atoms with Crippen molar-refractivity contribution in [3.05, 3.63) is 24.3 Å². The number of carbonyl (C=O) groups excluding carboxylic acids is 1. The van der Waals surface area contributed by atoms with Crippen LogP contribution in [0.2, 0.25) is 0 Å². The maximum absolute atomic E-state index is 12.0. The number of hydrogen-bond donors (Lipinski definition) is 3. The predicted octanol–water partition coefficient (Wildman–Crippen LogP) is 3.16. The first-order valence-corrected chi connectivity index (χ1v) is 7.18. The van der Waals surface area contributed by atoms with Gasteiger partial charge in [0, 0.05) is 12.2 Å². The summed E-state index contributed by atoms with van der Waals surface area (Å²) >= 11 is 0. The number of anilines is 1. The van der Waals surface area contributed by atoms with Crippen LogP contribution in [-0.2, 0) is 0 Å². The highest BCUT2D eigenvalue weighted by Gasteiger charge is 2.28. The molecule has 0 aliphatic carbocycles. The van der Waals surface area contributed by atoms with Crippen molar-refractivity contribution in [2.24, 2.45) is 5.92 Å². The highest BCUT2D eigenvalue weighted by molar-refractivity contribution is 5.89. The number of aliphatic hydroxyl groups excluding tert-OH is 1. The van der Waals surface area contributed by atoms with Gasteiger partial charge in [-0.3, -0.25) is 0 Å². The van der Waals surface area contributed by atoms with Crippen LogP contribution in [0.1, 0.15) is 20.3 Å². The lowest BCUT2D eigenvalue weighted by molar-refractivity contribution is -0.153. The molecule has 5 nitrogen and oxygen atoms in total. The summed E-state index contributed by atoms with van der Waals surface area (Å²) in [4.78, 5) is 11.6. The van der Waals surface area contributed by atoms with Crippen LogP contribution < -0.4 is 15.4 Å². The minimum absolute atomic E-state index is 0.0561. The average molecular weight is 334 g/mol. The summed E-state index contributed by atoms with van der Waals surface area (Å²) in [6.45, 7) is 2.68. The molecule has 0 saturated heterocycles. The Labute approximate surface area is 132 Å². The third-order valence-corrected chi connectivity index (χ3v) is 2.76. The number of urea groups is 1. The van der Waals surface area contributed by atoms with E-state index in [1.807, 2.05) is 13.8 Å². The Balaban J connectivity index is 2.38. The lowest BCUT2D eigenvalue weighted by Crippen LogP contribution is -2.35. The number of rotatable bonds is 7. The molecule has 0 aromatic heterocycles. The maximum Gasteiger partial charge on any atom is 0.422 e. The second kappa shape index (κ2) is 8.61. The molecule has 0 saturated carbocycles. The van der Waals surface area contributed by atoms with E-state index < -0.39 is 24.9 Å². The standard InChI is InChI=1S/C15H21F3N2O3/c1-10(2)7-12(21)8-19-14(22)20-11-3-5-13(6-4-11)23-9-15(16,17)18/h3-6,10,12,21H,7-9H2,1-2H3,(H2,19,20,22). The quantitative estimate of drug-likeness (QED) is 0.717. The molecular formula is C15H21F3N2O3. The number of nitrogens with one attached hydrogen (secondary N) is 2. The molecule has 0 bridgehead atoms. The van der Waals surface area contributed by atoms with Crippen molar-refractivity contribution in [2.75, 3.05) is 18.5 Å². The fraction of sp³-hybridized carbons (Fsp3) is 0.533. The van der Waals surface area contributed by atoms with Crippen molar-refractivity contribution >= 4 is 11.7 Å². The third-order valence-electron chi connectivity index (χ3n) is 2.76. The zero-order valence-corrected chi connectivity index (χ0v) is 13.0. The number of benzene rings is 1. The van der Waals surface area contributed by atoms with Gasteiger partial charge in [-0.25, -0.2) is 4.79 Å². The highest BCUT2D eigenvalue weighted by atomic mass is 19.4. The Morgan fingerprint density at radius 2 is 1.87 bits per heavy atom. The summed E-state index contributed by atoms with van der Waals surface area (Å²) in [6.07, 6.45) is -4.45. The SMILES string of the molecule is CC(C)CC(O)CNC(=O)Nc1ccc(OCC(F)(F)F)cc1. The van der Waals surface area contributed by atoms with Gasteiger partial charge in [0.1, 0.15) is 5.75 Å². The molecule has 0 fully saturated rings. The molecule has 0 radical (unpaired) electrons. The van der Waals surface area contributed by atoms with E-state index in [1.54, 1.807) is 0 Å². The van der Waals surface area contributed by atoms with E-state index in [4.69, 9.17) is 0 Å². The summed E-state index contributed by atoms with van der Waals surface area (Å²) < 4.78 is 40.6. The molecule has 0 aliphatic rings. The van der Waals surface area contributed by atoms with Gasteiger partial charge in [0.2, 0.25) is 0 Å². The first kappa shape index (κ1) is 19.1. The third kappa shape index (κ3) is 8.92. The number of aliphatic hydroxyl groups is 1. The molecule has 0 aliphatic heterocycles. The van der Waals surface area contributed by atoms with Crippen LogP contribution in [0.4, 0.5) is 23.7 Å². The Bertz CT molecular complexity index is 490. The Morgan fingerprint density at radius 3 is 2.39 bits per heavy atom. The van der Waals surface area contributed by atoms with Gasteiger partial charge in [0.05, 0.1) is 6.10 Å². The minimum atomic E-state index is -4.40. The van der Waals surface area contributed by atoms with Crippen molar-refractivity contribution in [3.8, 4) is 5.75 Å². The molecule has 130 valence electrons. The molecule has 2 amide bonds. The number of ether oxygens (including phenoxy) is 1. The largest absolute Gasteiger partial charge is 0.484 e. The van der Waals surface area contributed by atoms with Crippen LogP contribution in [0.15, 0.2) is 24.3 Å². The van der Waals surface area contributed by atoms with E-state index in [9.17, 15) is 23.1 Å². The van der Waals surface area contributed by atoms with Crippen molar-refractivity contribution in [1.29, 1.82) is 0 Å². The Morgan fingerprint density at radius 1 is 1.26 bits per heavy atom. The van der Waals surface area contributed by atoms with Crippen LogP contribution in [0.3, 0.4) is 0 Å². The van der Waals surface area contributed by atoms with Gasteiger partial charge in [0.15, 0.2) is 6.61 Å². The number of alkyl halides is 3. The average Bonchev–Trinajstić information content (AvgIpc) is 2.43. The van der Waals surface area contributed by atoms with Crippen LogP contribution in [0.25, 0.3) is 0 Å². The normalized spacial score (nSPS) is 12.8. The smallest absolute Gasteiger partial charge is 0.422 e. The molecule has 3 N–H and O–H groups in total. The minimum Gasteiger partial charge on any atom is -0.484 e. The van der Waals surface area contributed by atoms with E-state index in [1.165, 1.54) is 24.3 Å². The van der Waals surface area contributed by atoms with E-state index in [2.05, 4.69) is 15.4 Å². The highest BCUT2D eigenvalue weighted by Crippen LogP contribution is 2.20. The van der Waals surface area contributed by atoms with Crippen molar-refractivity contribution in [3.63, 3.8) is 0 Å². The predicted molar refractivity (Wildman–Crippen MR) is 80.5 cm³/mol. The molecule has 1 atom stereocenters. The summed E-state index contributed by atoms with van der Waals surface area (Å²) in [5, 5.41) is 14.7. The Hall–Kier alpha value is -1.96. The molecule has 1 rings (SSSR count). The Kier molecular flexibility index (Phi) is 7.15. The summed E-state index contributed by atoms with van der Waals surface area (Å²) in [5.74, 6) is 0.375. The van der Waals surface area contributed by atoms with Crippen LogP contribution in [-0.4, -0.2) is 36.6 Å². The molecule has 0 spiro atoms. The molecule has 1 unspecified atom stereocenters. The van der Waals surface area contributed by atoms with Gasteiger partial charge in [0.25, 0.3) is 0 Å². The van der Waals surface area contributed by atoms with Gasteiger partial charge in [-0.15, -0.1) is 0 Å². The van der Waals surface area contributed by atoms with Gasteiger partial charge in [-0.2, -0.15) is 13.2 Å². The van der Waals surface area contributed by atoms with Crippen molar-refractivity contribution in [2.45, 2.75) is 32.5 Å². The summed E-state index contributed by atoms with van der Waals surface area (Å²) in [5.41, 5.74) is 0.403. The lowest BCUT2D eigenvalue weighted by Gasteiger charge is -2.14. The van der Waals surface area contributed by atoms with E-state index in [0.717, 1.165) is 0 Å². The zero-order chi connectivity index (χ0) is 17.5. The van der Waals surface area contributed by atoms with Crippen LogP contribution >= 0.6 is 0 Å². The van der Waals surface area contributed by atoms with Crippen molar-refractivity contribution in [1.82, 2.24) is 5.32 Å². The second-order valence-corrected chi connectivity index (χ2v) is 5.55. The molecule has 1 aromatic rings. The summed E-state index contributed by atoms with van der Waals surface area (Å²) in [7, 11) is 0. The molecule has 8 heteroatoms. The second-order valence-electron chi connectivity index (χ2n) is 5.55. The van der Waals surface area contributed by atoms with Gasteiger partial charge in [-0.1, -0.05) is 13.8 Å². The number of carbonyl (C=O) groups is 1. The van der Waals surface area contributed by atoms with Gasteiger partial charge < -0.3 is 20.5 Å². The van der Waals surface area contributed by atoms with E-state index >= 15 is 0 Å². The van der Waals surface area contributed by atoms with E-state index in [-0.39, 0.29) is 12.3 Å². The fourth-order valence-electron chi connectivity index (χ4n) is 1.81. The molecular weight excluding hydrogens is 313 g/mol. The molecule has 0 heterocycles. The van der Waals surface area contributed by atoms with Crippen LogP contribution in [0, 0.1) is 5.92 Å². The fourth-order valence-corrected chi connectivity index (χ4v) is 1.81. The zero-order valence-electron chi connectivity index (χ0n) is 13.0. The first-order chi connectivity index (χ1) is 10.7. The lowest BCUT2D eigenvalue weighted by atomic mass is 10.1. The van der Waals surface area contributed by atoms with Gasteiger partial charge >= 0.3 is 12.2 Å². The first-order valence-electron chi connectivity index (χ1n) is 7.18. The van der Waals surface area contributed by atoms with Crippen LogP contribution in [0.5, 0.6) is 5.75 Å². The maximum atomic E-state index is 12.0. The van der Waals surface area contributed by atoms with Crippen molar-refractivity contribution < 1.29 is 27.8 Å². The monoisotopic (exact) mass is 334 g/mol. The summed E-state index contributed by atoms with van der Waals surface area (Å²) in [6, 6.07) is 5.01. The topological polar surface area (TPSA) is 70.6 Å².